The first-order chi connectivity index (χ1) is 4.29. The van der Waals surface area contributed by atoms with Crippen molar-refractivity contribution in [1.29, 1.82) is 0 Å². The number of rotatable bonds is 0. The van der Waals surface area contributed by atoms with Crippen LogP contribution in [0.4, 0.5) is 8.78 Å². The fourth-order valence-corrected chi connectivity index (χ4v) is 1.06. The molecule has 1 aliphatic carbocycles. The van der Waals surface area contributed by atoms with Crippen molar-refractivity contribution in [3.8, 4) is 0 Å². The lowest BCUT2D eigenvalue weighted by Gasteiger charge is -2.00. The van der Waals surface area contributed by atoms with Gasteiger partial charge in [0, 0.05) is 0 Å². The molecular formula is C7H11F2. The zero-order valence-corrected chi connectivity index (χ0v) is 5.32. The molecule has 2 heteroatoms. The molecule has 0 heterocycles. The van der Waals surface area contributed by atoms with Crippen LogP contribution in [0.15, 0.2) is 0 Å². The molecule has 9 heavy (non-hydrogen) atoms. The Morgan fingerprint density at radius 1 is 1.00 bits per heavy atom. The van der Waals surface area contributed by atoms with Crippen LogP contribution in [0.3, 0.4) is 0 Å². The Balaban J connectivity index is 2.25. The van der Waals surface area contributed by atoms with Gasteiger partial charge in [-0.25, -0.2) is 8.78 Å². The molecular weight excluding hydrogens is 122 g/mol. The minimum Gasteiger partial charge on any atom is -0.247 e. The Morgan fingerprint density at radius 3 is 1.89 bits per heavy atom. The molecule has 2 atom stereocenters. The molecule has 1 rings (SSSR count). The highest BCUT2D eigenvalue weighted by Gasteiger charge is 2.16. The summed E-state index contributed by atoms with van der Waals surface area (Å²) in [5.74, 6) is 0. The number of halogens is 2. The van der Waals surface area contributed by atoms with Crippen molar-refractivity contribution >= 4 is 0 Å². The summed E-state index contributed by atoms with van der Waals surface area (Å²) in [6, 6.07) is 0. The van der Waals surface area contributed by atoms with E-state index in [0.29, 0.717) is 25.7 Å². The molecule has 0 bridgehead atoms. The third-order valence-corrected chi connectivity index (χ3v) is 1.64. The maximum Gasteiger partial charge on any atom is 0.100 e. The molecule has 53 valence electrons. The molecule has 0 aromatic heterocycles. The Kier molecular flexibility index (Phi) is 2.43. The van der Waals surface area contributed by atoms with Crippen molar-refractivity contribution in [3.05, 3.63) is 6.42 Å². The van der Waals surface area contributed by atoms with E-state index in [2.05, 4.69) is 0 Å². The van der Waals surface area contributed by atoms with Crippen molar-refractivity contribution in [2.24, 2.45) is 0 Å². The smallest absolute Gasteiger partial charge is 0.100 e. The van der Waals surface area contributed by atoms with Gasteiger partial charge < -0.3 is 0 Å². The molecule has 0 amide bonds. The number of hydrogen-bond donors (Lipinski definition) is 0. The predicted octanol–water partition coefficient (Wildman–Crippen LogP) is 2.44. The van der Waals surface area contributed by atoms with E-state index in [9.17, 15) is 8.78 Å². The summed E-state index contributed by atoms with van der Waals surface area (Å²) in [5, 5.41) is 0. The van der Waals surface area contributed by atoms with Crippen LogP contribution in [-0.4, -0.2) is 12.3 Å². The molecule has 0 N–H and O–H groups in total. The van der Waals surface area contributed by atoms with Gasteiger partial charge >= 0.3 is 0 Å². The Hall–Kier alpha value is -0.140. The average Bonchev–Trinajstić information content (AvgIpc) is 1.97. The van der Waals surface area contributed by atoms with Gasteiger partial charge in [0.15, 0.2) is 0 Å². The van der Waals surface area contributed by atoms with Gasteiger partial charge in [0.1, 0.15) is 12.3 Å². The molecule has 1 fully saturated rings. The Morgan fingerprint density at radius 2 is 1.44 bits per heavy atom. The fraction of sp³-hybridized carbons (Fsp3) is 0.857. The number of alkyl halides is 2. The van der Waals surface area contributed by atoms with Gasteiger partial charge in [0.2, 0.25) is 0 Å². The van der Waals surface area contributed by atoms with Gasteiger partial charge in [-0.1, -0.05) is 0 Å². The highest BCUT2D eigenvalue weighted by molar-refractivity contribution is 4.79. The molecule has 0 aromatic rings. The fourth-order valence-electron chi connectivity index (χ4n) is 1.06. The van der Waals surface area contributed by atoms with E-state index >= 15 is 0 Å². The zero-order chi connectivity index (χ0) is 6.69. The molecule has 0 nitrogen and oxygen atoms in total. The molecule has 0 aromatic carbocycles. The first kappa shape index (κ1) is 6.97. The molecule has 0 aliphatic heterocycles. The molecule has 1 saturated carbocycles. The Labute approximate surface area is 54.3 Å². The second-order valence-corrected chi connectivity index (χ2v) is 2.53. The van der Waals surface area contributed by atoms with E-state index in [1.165, 1.54) is 0 Å². The van der Waals surface area contributed by atoms with Crippen molar-refractivity contribution in [2.45, 2.75) is 38.0 Å². The van der Waals surface area contributed by atoms with Crippen LogP contribution < -0.4 is 0 Å². The molecule has 2 unspecified atom stereocenters. The highest BCUT2D eigenvalue weighted by Crippen LogP contribution is 2.21. The lowest BCUT2D eigenvalue weighted by Crippen LogP contribution is -1.98. The minimum absolute atomic E-state index is 0.400. The maximum absolute atomic E-state index is 12.4. The van der Waals surface area contributed by atoms with Crippen LogP contribution in [0.1, 0.15) is 25.7 Å². The van der Waals surface area contributed by atoms with Gasteiger partial charge in [0.25, 0.3) is 0 Å². The van der Waals surface area contributed by atoms with E-state index in [-0.39, 0.29) is 0 Å². The van der Waals surface area contributed by atoms with Gasteiger partial charge in [0.05, 0.1) is 0 Å². The van der Waals surface area contributed by atoms with Gasteiger partial charge in [-0.15, -0.1) is 0 Å². The third-order valence-electron chi connectivity index (χ3n) is 1.64. The normalized spacial score (nSPS) is 38.0. The Bertz CT molecular complexity index is 73.0. The van der Waals surface area contributed by atoms with Crippen molar-refractivity contribution in [2.75, 3.05) is 0 Å². The first-order valence-electron chi connectivity index (χ1n) is 3.39. The van der Waals surface area contributed by atoms with E-state index < -0.39 is 12.3 Å². The van der Waals surface area contributed by atoms with E-state index in [0.717, 1.165) is 0 Å². The van der Waals surface area contributed by atoms with Gasteiger partial charge in [-0.2, -0.15) is 0 Å². The van der Waals surface area contributed by atoms with Gasteiger partial charge in [-0.3, -0.25) is 0 Å². The van der Waals surface area contributed by atoms with Crippen LogP contribution in [0, 0.1) is 6.42 Å². The summed E-state index contributed by atoms with van der Waals surface area (Å²) in [4.78, 5) is 0. The molecule has 0 saturated heterocycles. The summed E-state index contributed by atoms with van der Waals surface area (Å²) in [7, 11) is 0. The maximum atomic E-state index is 12.4. The van der Waals surface area contributed by atoms with Crippen LogP contribution in [-0.2, 0) is 0 Å². The zero-order valence-electron chi connectivity index (χ0n) is 5.32. The molecule has 1 aliphatic rings. The highest BCUT2D eigenvalue weighted by atomic mass is 19.1. The van der Waals surface area contributed by atoms with Crippen molar-refractivity contribution < 1.29 is 8.78 Å². The second kappa shape index (κ2) is 3.14. The summed E-state index contributed by atoms with van der Waals surface area (Å²) in [6.45, 7) is 0. The van der Waals surface area contributed by atoms with Crippen LogP contribution in [0.2, 0.25) is 0 Å². The summed E-state index contributed by atoms with van der Waals surface area (Å²) < 4.78 is 24.8. The van der Waals surface area contributed by atoms with Crippen LogP contribution >= 0.6 is 0 Å². The topological polar surface area (TPSA) is 0 Å². The lowest BCUT2D eigenvalue weighted by atomic mass is 10.2. The lowest BCUT2D eigenvalue weighted by molar-refractivity contribution is 0.273. The van der Waals surface area contributed by atoms with Crippen molar-refractivity contribution in [1.82, 2.24) is 0 Å². The largest absolute Gasteiger partial charge is 0.247 e. The monoisotopic (exact) mass is 133 g/mol. The predicted molar refractivity (Wildman–Crippen MR) is 32.6 cm³/mol. The summed E-state index contributed by atoms with van der Waals surface area (Å²) in [6.07, 6.45) is 1.83. The van der Waals surface area contributed by atoms with E-state index in [4.69, 9.17) is 0 Å². The quantitative estimate of drug-likeness (QED) is 0.445. The second-order valence-electron chi connectivity index (χ2n) is 2.53. The molecule has 0 spiro atoms. The van der Waals surface area contributed by atoms with Crippen LogP contribution in [0.5, 0.6) is 0 Å². The molecule has 1 radical (unpaired) electrons. The summed E-state index contributed by atoms with van der Waals surface area (Å²) in [5.41, 5.74) is 0. The van der Waals surface area contributed by atoms with Crippen LogP contribution in [0.25, 0.3) is 0 Å². The van der Waals surface area contributed by atoms with E-state index in [1.807, 2.05) is 0 Å². The third kappa shape index (κ3) is 2.29. The average molecular weight is 133 g/mol. The van der Waals surface area contributed by atoms with Crippen molar-refractivity contribution in [3.63, 3.8) is 0 Å². The summed E-state index contributed by atoms with van der Waals surface area (Å²) >= 11 is 0. The van der Waals surface area contributed by atoms with E-state index in [1.54, 1.807) is 6.42 Å². The standard InChI is InChI=1S/C7H11F2/c8-6-2-1-3-7(9)5-4-6/h1,6-7H,2-5H2. The number of hydrogen-bond acceptors (Lipinski definition) is 0. The first-order valence-corrected chi connectivity index (χ1v) is 3.39. The van der Waals surface area contributed by atoms with Gasteiger partial charge in [-0.05, 0) is 32.1 Å². The SMILES string of the molecule is FC1C[CH]CC(F)CC1. The minimum atomic E-state index is -0.786.